The van der Waals surface area contributed by atoms with Crippen molar-refractivity contribution in [2.45, 2.75) is 6.42 Å². The number of carboxylic acid groups (broad SMARTS) is 1. The molecule has 3 N–H and O–H groups in total. The summed E-state index contributed by atoms with van der Waals surface area (Å²) in [5, 5.41) is 8.51. The van der Waals surface area contributed by atoms with Crippen LogP contribution in [0.15, 0.2) is 12.1 Å². The summed E-state index contributed by atoms with van der Waals surface area (Å²) < 4.78 is 26.5. The van der Waals surface area contributed by atoms with E-state index in [9.17, 15) is 18.4 Å². The van der Waals surface area contributed by atoms with Gasteiger partial charge in [0.2, 0.25) is 0 Å². The number of benzene rings is 1. The van der Waals surface area contributed by atoms with E-state index in [-0.39, 0.29) is 13.0 Å². The van der Waals surface area contributed by atoms with Crippen molar-refractivity contribution in [3.63, 3.8) is 0 Å². The fourth-order valence-electron chi connectivity index (χ4n) is 1.20. The summed E-state index contributed by atoms with van der Waals surface area (Å²) in [5.74, 6) is -5.22. The number of hydrogen-bond donors (Lipinski definition) is 2. The van der Waals surface area contributed by atoms with Gasteiger partial charge in [0.1, 0.15) is 0 Å². The number of Topliss-reactive ketones (excluding diaryl/α,β-unsaturated/α-hetero) is 1. The van der Waals surface area contributed by atoms with Crippen LogP contribution in [0, 0.1) is 11.6 Å². The van der Waals surface area contributed by atoms with E-state index in [1.54, 1.807) is 0 Å². The number of aromatic carboxylic acids is 1. The Morgan fingerprint density at radius 2 is 1.69 bits per heavy atom. The zero-order chi connectivity index (χ0) is 12.3. The van der Waals surface area contributed by atoms with Crippen LogP contribution in [0.4, 0.5) is 8.78 Å². The van der Waals surface area contributed by atoms with Crippen LogP contribution in [0.3, 0.4) is 0 Å². The molecule has 1 aromatic rings. The molecular formula is C10H9F2NO3. The van der Waals surface area contributed by atoms with Crippen molar-refractivity contribution in [3.8, 4) is 0 Å². The molecule has 0 radical (unpaired) electrons. The second kappa shape index (κ2) is 4.80. The maximum absolute atomic E-state index is 13.3. The van der Waals surface area contributed by atoms with Gasteiger partial charge in [-0.25, -0.2) is 13.6 Å². The van der Waals surface area contributed by atoms with Gasteiger partial charge in [0.05, 0.1) is 11.1 Å². The molecule has 0 bridgehead atoms. The SMILES string of the molecule is NCCC(=O)c1ccc(C(=O)O)c(F)c1F. The topological polar surface area (TPSA) is 80.4 Å². The molecule has 0 aliphatic rings. The summed E-state index contributed by atoms with van der Waals surface area (Å²) in [6.45, 7) is 0.0145. The van der Waals surface area contributed by atoms with Gasteiger partial charge < -0.3 is 10.8 Å². The molecule has 0 amide bonds. The van der Waals surface area contributed by atoms with Gasteiger partial charge >= 0.3 is 5.97 Å². The molecule has 1 aromatic carbocycles. The first-order valence-corrected chi connectivity index (χ1v) is 4.43. The molecule has 6 heteroatoms. The second-order valence-corrected chi connectivity index (χ2v) is 3.06. The zero-order valence-corrected chi connectivity index (χ0v) is 8.17. The van der Waals surface area contributed by atoms with Gasteiger partial charge in [-0.05, 0) is 18.7 Å². The maximum atomic E-state index is 13.3. The number of rotatable bonds is 4. The van der Waals surface area contributed by atoms with E-state index >= 15 is 0 Å². The van der Waals surface area contributed by atoms with Gasteiger partial charge in [-0.3, -0.25) is 4.79 Å². The van der Waals surface area contributed by atoms with Gasteiger partial charge in [0.15, 0.2) is 17.4 Å². The Bertz CT molecular complexity index is 446. The molecule has 0 spiro atoms. The summed E-state index contributed by atoms with van der Waals surface area (Å²) in [6.07, 6.45) is -0.122. The zero-order valence-electron chi connectivity index (χ0n) is 8.17. The third kappa shape index (κ3) is 2.22. The Kier molecular flexibility index (Phi) is 3.68. The first-order chi connectivity index (χ1) is 7.49. The highest BCUT2D eigenvalue weighted by molar-refractivity contribution is 5.97. The molecule has 0 aromatic heterocycles. The average Bonchev–Trinajstić information content (AvgIpc) is 2.21. The minimum absolute atomic E-state index is 0.0145. The summed E-state index contributed by atoms with van der Waals surface area (Å²) in [4.78, 5) is 21.7. The normalized spacial score (nSPS) is 10.2. The lowest BCUT2D eigenvalue weighted by atomic mass is 10.0. The molecule has 0 unspecified atom stereocenters. The van der Waals surface area contributed by atoms with Crippen LogP contribution in [-0.4, -0.2) is 23.4 Å². The van der Waals surface area contributed by atoms with Gasteiger partial charge in [0.25, 0.3) is 0 Å². The standard InChI is InChI=1S/C10H9F2NO3/c11-8-5(7(14)3-4-13)1-2-6(9(8)12)10(15)16/h1-2H,3-4,13H2,(H,15,16). The molecule has 0 aliphatic heterocycles. The maximum Gasteiger partial charge on any atom is 0.338 e. The highest BCUT2D eigenvalue weighted by Crippen LogP contribution is 2.17. The highest BCUT2D eigenvalue weighted by atomic mass is 19.2. The lowest BCUT2D eigenvalue weighted by Crippen LogP contribution is -2.12. The van der Waals surface area contributed by atoms with Crippen molar-refractivity contribution in [3.05, 3.63) is 34.9 Å². The lowest BCUT2D eigenvalue weighted by Gasteiger charge is -2.04. The van der Waals surface area contributed by atoms with E-state index in [1.165, 1.54) is 0 Å². The van der Waals surface area contributed by atoms with Crippen molar-refractivity contribution < 1.29 is 23.5 Å². The Balaban J connectivity index is 3.21. The van der Waals surface area contributed by atoms with Crippen LogP contribution in [-0.2, 0) is 0 Å². The van der Waals surface area contributed by atoms with Crippen LogP contribution in [0.1, 0.15) is 27.1 Å². The smallest absolute Gasteiger partial charge is 0.338 e. The third-order valence-corrected chi connectivity index (χ3v) is 1.98. The van der Waals surface area contributed by atoms with E-state index in [1.807, 2.05) is 0 Å². The third-order valence-electron chi connectivity index (χ3n) is 1.98. The largest absolute Gasteiger partial charge is 0.478 e. The quantitative estimate of drug-likeness (QED) is 0.760. The minimum atomic E-state index is -1.59. The average molecular weight is 229 g/mol. The molecule has 16 heavy (non-hydrogen) atoms. The monoisotopic (exact) mass is 229 g/mol. The summed E-state index contributed by atoms with van der Waals surface area (Å²) in [7, 11) is 0. The van der Waals surface area contributed by atoms with Gasteiger partial charge in [-0.15, -0.1) is 0 Å². The Labute approximate surface area is 89.7 Å². The predicted octanol–water partition coefficient (Wildman–Crippen LogP) is 1.19. The van der Waals surface area contributed by atoms with E-state index < -0.39 is 34.5 Å². The molecule has 0 heterocycles. The number of hydrogen-bond acceptors (Lipinski definition) is 3. The summed E-state index contributed by atoms with van der Waals surface area (Å²) >= 11 is 0. The van der Waals surface area contributed by atoms with Crippen LogP contribution < -0.4 is 5.73 Å². The fraction of sp³-hybridized carbons (Fsp3) is 0.200. The number of halogens is 2. The van der Waals surface area contributed by atoms with Crippen LogP contribution in [0.25, 0.3) is 0 Å². The number of carboxylic acids is 1. The molecule has 0 aliphatic carbocycles. The van der Waals surface area contributed by atoms with Crippen LogP contribution in [0.5, 0.6) is 0 Å². The highest BCUT2D eigenvalue weighted by Gasteiger charge is 2.20. The van der Waals surface area contributed by atoms with Crippen LogP contribution >= 0.6 is 0 Å². The van der Waals surface area contributed by atoms with E-state index in [0.717, 1.165) is 12.1 Å². The Morgan fingerprint density at radius 3 is 2.19 bits per heavy atom. The van der Waals surface area contributed by atoms with Crippen molar-refractivity contribution >= 4 is 11.8 Å². The predicted molar refractivity (Wildman–Crippen MR) is 51.3 cm³/mol. The number of ketones is 1. The van der Waals surface area contributed by atoms with Gasteiger partial charge in [-0.2, -0.15) is 0 Å². The number of nitrogens with two attached hydrogens (primary N) is 1. The van der Waals surface area contributed by atoms with Crippen molar-refractivity contribution in [2.75, 3.05) is 6.54 Å². The number of carbonyl (C=O) groups is 2. The molecule has 1 rings (SSSR count). The number of carbonyl (C=O) groups excluding carboxylic acids is 1. The first-order valence-electron chi connectivity index (χ1n) is 4.43. The summed E-state index contributed by atoms with van der Waals surface area (Å²) in [5.41, 5.74) is 3.82. The lowest BCUT2D eigenvalue weighted by molar-refractivity contribution is 0.0689. The van der Waals surface area contributed by atoms with Crippen LogP contribution in [0.2, 0.25) is 0 Å². The van der Waals surface area contributed by atoms with E-state index in [2.05, 4.69) is 0 Å². The summed E-state index contributed by atoms with van der Waals surface area (Å²) in [6, 6.07) is 1.80. The van der Waals surface area contributed by atoms with Gasteiger partial charge in [0, 0.05) is 6.42 Å². The molecule has 0 saturated heterocycles. The fourth-order valence-corrected chi connectivity index (χ4v) is 1.20. The molecule has 0 atom stereocenters. The molecular weight excluding hydrogens is 220 g/mol. The van der Waals surface area contributed by atoms with Crippen molar-refractivity contribution in [1.29, 1.82) is 0 Å². The first kappa shape index (κ1) is 12.3. The molecule has 0 saturated carbocycles. The van der Waals surface area contributed by atoms with E-state index in [0.29, 0.717) is 0 Å². The molecule has 4 nitrogen and oxygen atoms in total. The van der Waals surface area contributed by atoms with Crippen molar-refractivity contribution in [1.82, 2.24) is 0 Å². The van der Waals surface area contributed by atoms with Gasteiger partial charge in [-0.1, -0.05) is 0 Å². The molecule has 0 fully saturated rings. The minimum Gasteiger partial charge on any atom is -0.478 e. The van der Waals surface area contributed by atoms with Crippen molar-refractivity contribution in [2.24, 2.45) is 5.73 Å². The molecule has 86 valence electrons. The Hall–Kier alpha value is -1.82. The Morgan fingerprint density at radius 1 is 1.19 bits per heavy atom. The van der Waals surface area contributed by atoms with E-state index in [4.69, 9.17) is 10.8 Å². The second-order valence-electron chi connectivity index (χ2n) is 3.06.